The summed E-state index contributed by atoms with van der Waals surface area (Å²) in [6.45, 7) is 0.672. The number of imidazole rings is 1. The third-order valence-corrected chi connectivity index (χ3v) is 4.15. The lowest BCUT2D eigenvalue weighted by molar-refractivity contribution is 0.693. The van der Waals surface area contributed by atoms with Crippen molar-refractivity contribution < 1.29 is 0 Å². The Morgan fingerprint density at radius 3 is 2.75 bits per heavy atom. The van der Waals surface area contributed by atoms with Gasteiger partial charge in [-0.2, -0.15) is 15.0 Å². The first kappa shape index (κ1) is 16.2. The van der Waals surface area contributed by atoms with Crippen molar-refractivity contribution >= 4 is 23.7 Å². The van der Waals surface area contributed by atoms with Gasteiger partial charge in [-0.15, -0.1) is 0 Å². The normalized spacial score (nSPS) is 10.8. The molecule has 0 aliphatic rings. The monoisotopic (exact) mass is 342 g/mol. The molecular weight excluding hydrogens is 324 g/mol. The average molecular weight is 342 g/mol. The number of anilines is 2. The summed E-state index contributed by atoms with van der Waals surface area (Å²) in [6.07, 6.45) is 5.50. The van der Waals surface area contributed by atoms with E-state index in [4.69, 9.17) is 5.73 Å². The van der Waals surface area contributed by atoms with Crippen LogP contribution in [0, 0.1) is 0 Å². The highest BCUT2D eigenvalue weighted by atomic mass is 32.2. The highest BCUT2D eigenvalue weighted by molar-refractivity contribution is 7.98. The first-order valence-electron chi connectivity index (χ1n) is 7.33. The van der Waals surface area contributed by atoms with E-state index in [1.165, 1.54) is 0 Å². The summed E-state index contributed by atoms with van der Waals surface area (Å²) in [7, 11) is 3.73. The zero-order chi connectivity index (χ0) is 16.9. The molecular formula is C15H18N8S. The maximum atomic E-state index is 5.75. The molecule has 9 heteroatoms. The van der Waals surface area contributed by atoms with Crippen molar-refractivity contribution in [3.8, 4) is 0 Å². The number of hydrogen-bond acceptors (Lipinski definition) is 8. The molecule has 0 unspecified atom stereocenters. The Kier molecular flexibility index (Phi) is 4.90. The van der Waals surface area contributed by atoms with Crippen molar-refractivity contribution in [2.45, 2.75) is 17.5 Å². The van der Waals surface area contributed by atoms with Crippen molar-refractivity contribution in [1.29, 1.82) is 0 Å². The summed E-state index contributed by atoms with van der Waals surface area (Å²) in [6, 6.07) is 5.87. The number of thioether (sulfide) groups is 1. The van der Waals surface area contributed by atoms with Gasteiger partial charge < -0.3 is 15.2 Å². The summed E-state index contributed by atoms with van der Waals surface area (Å²) >= 11 is 1.55. The molecule has 0 aliphatic carbocycles. The molecule has 0 spiro atoms. The minimum Gasteiger partial charge on any atom is -0.368 e. The number of nitrogen functional groups attached to an aromatic ring is 1. The Balaban J connectivity index is 1.71. The third kappa shape index (κ3) is 3.99. The number of pyridine rings is 1. The highest BCUT2D eigenvalue weighted by Gasteiger charge is 2.10. The molecule has 0 radical (unpaired) electrons. The molecule has 2 N–H and O–H groups in total. The molecule has 3 aromatic heterocycles. The molecule has 0 aromatic carbocycles. The number of rotatable bonds is 6. The summed E-state index contributed by atoms with van der Waals surface area (Å²) < 4.78 is 2.05. The summed E-state index contributed by atoms with van der Waals surface area (Å²) in [4.78, 5) is 23.2. The molecule has 0 atom stereocenters. The number of nitrogens with two attached hydrogens (primary N) is 1. The van der Waals surface area contributed by atoms with Crippen LogP contribution >= 0.6 is 11.8 Å². The Morgan fingerprint density at radius 1 is 1.12 bits per heavy atom. The molecule has 0 saturated carbocycles. The Labute approximate surface area is 144 Å². The second-order valence-electron chi connectivity index (χ2n) is 5.25. The SMILES string of the molecule is CN(C)c1nc(N)nc(CSc2nccn2Cc2ccccn2)n1. The fourth-order valence-electron chi connectivity index (χ4n) is 2.04. The van der Waals surface area contributed by atoms with E-state index in [-0.39, 0.29) is 5.95 Å². The van der Waals surface area contributed by atoms with Gasteiger partial charge in [-0.3, -0.25) is 4.98 Å². The molecule has 0 saturated heterocycles. The summed E-state index contributed by atoms with van der Waals surface area (Å²) in [5, 5.41) is 0.881. The van der Waals surface area contributed by atoms with E-state index in [1.54, 1.807) is 29.1 Å². The fraction of sp³-hybridized carbons (Fsp3) is 0.267. The molecule has 3 rings (SSSR count). The summed E-state index contributed by atoms with van der Waals surface area (Å²) in [5.74, 6) is 1.96. The van der Waals surface area contributed by atoms with Crippen LogP contribution in [0.15, 0.2) is 41.9 Å². The van der Waals surface area contributed by atoms with Gasteiger partial charge >= 0.3 is 0 Å². The minimum absolute atomic E-state index is 0.223. The quantitative estimate of drug-likeness (QED) is 0.672. The predicted molar refractivity (Wildman–Crippen MR) is 93.7 cm³/mol. The van der Waals surface area contributed by atoms with Gasteiger partial charge in [0, 0.05) is 32.7 Å². The van der Waals surface area contributed by atoms with E-state index < -0.39 is 0 Å². The average Bonchev–Trinajstić information content (AvgIpc) is 3.00. The van der Waals surface area contributed by atoms with Crippen LogP contribution < -0.4 is 10.6 Å². The van der Waals surface area contributed by atoms with Crippen LogP contribution in [0.1, 0.15) is 11.5 Å². The first-order chi connectivity index (χ1) is 11.6. The van der Waals surface area contributed by atoms with E-state index in [9.17, 15) is 0 Å². The van der Waals surface area contributed by atoms with E-state index in [2.05, 4.69) is 24.9 Å². The Hall–Kier alpha value is -2.68. The van der Waals surface area contributed by atoms with Crippen LogP contribution in [0.25, 0.3) is 0 Å². The van der Waals surface area contributed by atoms with Crippen molar-refractivity contribution in [3.05, 3.63) is 48.3 Å². The largest absolute Gasteiger partial charge is 0.368 e. The van der Waals surface area contributed by atoms with Gasteiger partial charge in [0.25, 0.3) is 0 Å². The van der Waals surface area contributed by atoms with Gasteiger partial charge in [0.2, 0.25) is 11.9 Å². The van der Waals surface area contributed by atoms with Crippen molar-refractivity contribution in [3.63, 3.8) is 0 Å². The molecule has 0 fully saturated rings. The molecule has 3 aromatic rings. The van der Waals surface area contributed by atoms with Crippen molar-refractivity contribution in [2.75, 3.05) is 24.7 Å². The second-order valence-corrected chi connectivity index (χ2v) is 6.19. The molecule has 0 aliphatic heterocycles. The van der Waals surface area contributed by atoms with E-state index in [1.807, 2.05) is 43.1 Å². The first-order valence-corrected chi connectivity index (χ1v) is 8.32. The van der Waals surface area contributed by atoms with Gasteiger partial charge in [-0.1, -0.05) is 17.8 Å². The lowest BCUT2D eigenvalue weighted by atomic mass is 10.3. The zero-order valence-electron chi connectivity index (χ0n) is 13.5. The van der Waals surface area contributed by atoms with Crippen LogP contribution in [-0.2, 0) is 12.3 Å². The van der Waals surface area contributed by atoms with Crippen LogP contribution in [0.4, 0.5) is 11.9 Å². The molecule has 8 nitrogen and oxygen atoms in total. The van der Waals surface area contributed by atoms with Gasteiger partial charge in [0.15, 0.2) is 5.16 Å². The smallest absolute Gasteiger partial charge is 0.229 e. The maximum absolute atomic E-state index is 5.75. The second kappa shape index (κ2) is 7.26. The van der Waals surface area contributed by atoms with E-state index in [0.717, 1.165) is 10.9 Å². The van der Waals surface area contributed by atoms with Gasteiger partial charge in [-0.25, -0.2) is 4.98 Å². The topological polar surface area (TPSA) is 98.6 Å². The fourth-order valence-corrected chi connectivity index (χ4v) is 2.85. The van der Waals surface area contributed by atoms with E-state index in [0.29, 0.717) is 24.1 Å². The van der Waals surface area contributed by atoms with Crippen LogP contribution in [0.5, 0.6) is 0 Å². The van der Waals surface area contributed by atoms with Gasteiger partial charge in [0.1, 0.15) is 5.82 Å². The standard InChI is InChI=1S/C15H18N8S/c1-22(2)14-20-12(19-13(16)21-14)10-24-15-18-7-8-23(15)9-11-5-3-4-6-17-11/h3-8H,9-10H2,1-2H3,(H2,16,19,20,21). The molecule has 0 bridgehead atoms. The highest BCUT2D eigenvalue weighted by Crippen LogP contribution is 2.21. The number of hydrogen-bond donors (Lipinski definition) is 1. The Bertz CT molecular complexity index is 802. The van der Waals surface area contributed by atoms with Gasteiger partial charge in [0.05, 0.1) is 18.0 Å². The van der Waals surface area contributed by atoms with Crippen LogP contribution in [0.2, 0.25) is 0 Å². The lowest BCUT2D eigenvalue weighted by Gasteiger charge is -2.11. The molecule has 24 heavy (non-hydrogen) atoms. The summed E-state index contributed by atoms with van der Waals surface area (Å²) in [5.41, 5.74) is 6.73. The Morgan fingerprint density at radius 2 is 2.00 bits per heavy atom. The van der Waals surface area contributed by atoms with Crippen LogP contribution in [-0.4, -0.2) is 43.6 Å². The van der Waals surface area contributed by atoms with Crippen molar-refractivity contribution in [1.82, 2.24) is 29.5 Å². The number of nitrogens with zero attached hydrogens (tertiary/aromatic N) is 7. The molecule has 0 amide bonds. The predicted octanol–water partition coefficient (Wildman–Crippen LogP) is 1.45. The minimum atomic E-state index is 0.223. The van der Waals surface area contributed by atoms with E-state index >= 15 is 0 Å². The lowest BCUT2D eigenvalue weighted by Crippen LogP contribution is -2.16. The molecule has 124 valence electrons. The van der Waals surface area contributed by atoms with Crippen LogP contribution in [0.3, 0.4) is 0 Å². The molecule has 3 heterocycles. The third-order valence-electron chi connectivity index (χ3n) is 3.15. The number of aromatic nitrogens is 6. The van der Waals surface area contributed by atoms with Gasteiger partial charge in [-0.05, 0) is 12.1 Å². The zero-order valence-corrected chi connectivity index (χ0v) is 14.3. The van der Waals surface area contributed by atoms with Crippen molar-refractivity contribution in [2.24, 2.45) is 0 Å². The maximum Gasteiger partial charge on any atom is 0.229 e.